The maximum absolute atomic E-state index is 6.10. The van der Waals surface area contributed by atoms with E-state index in [1.165, 1.54) is 0 Å². The Kier molecular flexibility index (Phi) is 2.95. The first-order valence-electron chi connectivity index (χ1n) is 4.43. The molecule has 1 aliphatic carbocycles. The largest absolute Gasteiger partial charge is 0.0881 e. The van der Waals surface area contributed by atoms with Crippen molar-refractivity contribution < 1.29 is 0 Å². The predicted octanol–water partition coefficient (Wildman–Crippen LogP) is 4.45. The molecule has 0 aliphatic heterocycles. The van der Waals surface area contributed by atoms with E-state index in [1.807, 2.05) is 36.8 Å². The molecule has 1 radical (unpaired) electrons. The van der Waals surface area contributed by atoms with Crippen molar-refractivity contribution in [1.29, 1.82) is 0 Å². The molecule has 0 amide bonds. The van der Waals surface area contributed by atoms with Crippen molar-refractivity contribution in [3.63, 3.8) is 0 Å². The van der Waals surface area contributed by atoms with Gasteiger partial charge in [0.25, 0.3) is 0 Å². The van der Waals surface area contributed by atoms with Crippen molar-refractivity contribution in [1.82, 2.24) is 0 Å². The van der Waals surface area contributed by atoms with Crippen LogP contribution < -0.4 is 0 Å². The average Bonchev–Trinajstić information content (AvgIpc) is 2.18. The maximum atomic E-state index is 6.10. The summed E-state index contributed by atoms with van der Waals surface area (Å²) in [6, 6.07) is 7.71. The van der Waals surface area contributed by atoms with Gasteiger partial charge in [-0.1, -0.05) is 47.5 Å². The first kappa shape index (κ1) is 9.82. The summed E-state index contributed by atoms with van der Waals surface area (Å²) in [5, 5.41) is 1.54. The van der Waals surface area contributed by atoms with Gasteiger partial charge in [-0.3, -0.25) is 0 Å². The van der Waals surface area contributed by atoms with Gasteiger partial charge in [0.1, 0.15) is 0 Å². The third kappa shape index (κ3) is 2.02. The van der Waals surface area contributed by atoms with E-state index in [9.17, 15) is 0 Å². The summed E-state index contributed by atoms with van der Waals surface area (Å²) in [5.41, 5.74) is 2.11. The number of allylic oxidation sites excluding steroid dienone is 4. The van der Waals surface area contributed by atoms with E-state index in [1.54, 1.807) is 0 Å². The summed E-state index contributed by atoms with van der Waals surface area (Å²) in [6.07, 6.45) is 7.02. The third-order valence-corrected chi connectivity index (χ3v) is 2.70. The van der Waals surface area contributed by atoms with E-state index in [0.29, 0.717) is 0 Å². The minimum Gasteiger partial charge on any atom is -0.0881 e. The number of halogens is 2. The molecule has 0 nitrogen and oxygen atoms in total. The Bertz CT molecular complexity index is 403. The first-order valence-corrected chi connectivity index (χ1v) is 5.18. The van der Waals surface area contributed by atoms with Crippen LogP contribution in [0, 0.1) is 6.42 Å². The topological polar surface area (TPSA) is 0 Å². The minimum absolute atomic E-state index is 0.735. The van der Waals surface area contributed by atoms with Crippen LogP contribution in [0.1, 0.15) is 12.0 Å². The highest BCUT2D eigenvalue weighted by Gasteiger charge is 2.08. The van der Waals surface area contributed by atoms with Crippen molar-refractivity contribution in [3.05, 3.63) is 58.5 Å². The fraction of sp³-hybridized carbons (Fsp3) is 0.0833. The molecule has 0 unspecified atom stereocenters. The molecule has 1 aromatic carbocycles. The lowest BCUT2D eigenvalue weighted by molar-refractivity contribution is 1.25. The monoisotopic (exact) mass is 223 g/mol. The van der Waals surface area contributed by atoms with E-state index in [4.69, 9.17) is 23.2 Å². The van der Waals surface area contributed by atoms with Crippen LogP contribution in [0.4, 0.5) is 0 Å². The van der Waals surface area contributed by atoms with Crippen LogP contribution >= 0.6 is 23.2 Å². The summed E-state index contributed by atoms with van der Waals surface area (Å²) in [7, 11) is 0. The highest BCUT2D eigenvalue weighted by molar-refractivity contribution is 6.35. The molecule has 0 spiro atoms. The summed E-state index contributed by atoms with van der Waals surface area (Å²) in [5.74, 6) is 0. The molecule has 0 aromatic heterocycles. The van der Waals surface area contributed by atoms with Gasteiger partial charge < -0.3 is 0 Å². The Balaban J connectivity index is 2.44. The van der Waals surface area contributed by atoms with E-state index in [0.717, 1.165) is 27.6 Å². The summed E-state index contributed by atoms with van der Waals surface area (Å²) in [4.78, 5) is 0. The van der Waals surface area contributed by atoms with Gasteiger partial charge in [-0.2, -0.15) is 0 Å². The van der Waals surface area contributed by atoms with Gasteiger partial charge in [-0.25, -0.2) is 0 Å². The molecule has 0 N–H and O–H groups in total. The molecule has 0 atom stereocenters. The Morgan fingerprint density at radius 2 is 2.00 bits per heavy atom. The molecular weight excluding hydrogens is 215 g/mol. The van der Waals surface area contributed by atoms with Crippen molar-refractivity contribution >= 4 is 28.8 Å². The fourth-order valence-corrected chi connectivity index (χ4v) is 1.89. The van der Waals surface area contributed by atoms with E-state index < -0.39 is 0 Å². The maximum Gasteiger partial charge on any atom is 0.0412 e. The molecule has 1 aliphatic rings. The van der Waals surface area contributed by atoms with E-state index in [2.05, 4.69) is 6.08 Å². The molecule has 2 heteroatoms. The molecule has 14 heavy (non-hydrogen) atoms. The average molecular weight is 224 g/mol. The molecule has 71 valence electrons. The standard InChI is InChI=1S/C12H9Cl2/c13-10-5-3-4-9(8-10)11-6-1-2-7-12(11)14/h1,3-8H,2H2. The second-order valence-corrected chi connectivity index (χ2v) is 3.96. The van der Waals surface area contributed by atoms with Crippen LogP contribution in [-0.4, -0.2) is 0 Å². The van der Waals surface area contributed by atoms with E-state index in [-0.39, 0.29) is 0 Å². The van der Waals surface area contributed by atoms with Gasteiger partial charge in [-0.15, -0.1) is 0 Å². The lowest BCUT2D eigenvalue weighted by Gasteiger charge is -2.10. The van der Waals surface area contributed by atoms with Gasteiger partial charge in [0.2, 0.25) is 0 Å². The Morgan fingerprint density at radius 3 is 2.71 bits per heavy atom. The molecule has 2 rings (SSSR count). The lowest BCUT2D eigenvalue weighted by atomic mass is 9.99. The number of hydrogen-bond acceptors (Lipinski definition) is 0. The van der Waals surface area contributed by atoms with Gasteiger partial charge in [0.05, 0.1) is 0 Å². The second kappa shape index (κ2) is 4.20. The molecule has 0 bridgehead atoms. The highest BCUT2D eigenvalue weighted by atomic mass is 35.5. The molecule has 0 saturated carbocycles. The van der Waals surface area contributed by atoms with Crippen LogP contribution in [0.3, 0.4) is 0 Å². The van der Waals surface area contributed by atoms with Crippen molar-refractivity contribution in [3.8, 4) is 0 Å². The number of benzene rings is 1. The fourth-order valence-electron chi connectivity index (χ4n) is 1.44. The predicted molar refractivity (Wildman–Crippen MR) is 62.3 cm³/mol. The van der Waals surface area contributed by atoms with Crippen LogP contribution in [-0.2, 0) is 0 Å². The van der Waals surface area contributed by atoms with Crippen LogP contribution in [0.2, 0.25) is 5.02 Å². The number of hydrogen-bond donors (Lipinski definition) is 0. The van der Waals surface area contributed by atoms with Crippen molar-refractivity contribution in [2.24, 2.45) is 0 Å². The van der Waals surface area contributed by atoms with E-state index >= 15 is 0 Å². The molecule has 1 aromatic rings. The van der Waals surface area contributed by atoms with Crippen LogP contribution in [0.15, 0.2) is 41.4 Å². The Labute approximate surface area is 93.8 Å². The summed E-state index contributed by atoms with van der Waals surface area (Å²) < 4.78 is 0. The van der Waals surface area contributed by atoms with Gasteiger partial charge in [0.15, 0.2) is 0 Å². The zero-order chi connectivity index (χ0) is 9.97. The zero-order valence-corrected chi connectivity index (χ0v) is 9.02. The molecule has 0 saturated heterocycles. The normalized spacial score (nSPS) is 16.1. The minimum atomic E-state index is 0.735. The Hall–Kier alpha value is -0.720. The zero-order valence-electron chi connectivity index (χ0n) is 7.50. The first-order chi connectivity index (χ1) is 6.77. The molecule has 0 fully saturated rings. The van der Waals surface area contributed by atoms with Crippen molar-refractivity contribution in [2.75, 3.05) is 0 Å². The molecule has 0 heterocycles. The SMILES string of the molecule is ClC1=C(c2cccc(Cl)c2)C=CC[CH]1. The summed E-state index contributed by atoms with van der Waals surface area (Å²) in [6.45, 7) is 0. The smallest absolute Gasteiger partial charge is 0.0412 e. The third-order valence-electron chi connectivity index (χ3n) is 2.11. The van der Waals surface area contributed by atoms with Gasteiger partial charge >= 0.3 is 0 Å². The van der Waals surface area contributed by atoms with Crippen LogP contribution in [0.25, 0.3) is 5.57 Å². The van der Waals surface area contributed by atoms with Crippen LogP contribution in [0.5, 0.6) is 0 Å². The van der Waals surface area contributed by atoms with Gasteiger partial charge in [-0.05, 0) is 29.7 Å². The second-order valence-electron chi connectivity index (χ2n) is 3.11. The Morgan fingerprint density at radius 1 is 1.14 bits per heavy atom. The molecular formula is C12H9Cl2. The highest BCUT2D eigenvalue weighted by Crippen LogP contribution is 2.30. The van der Waals surface area contributed by atoms with Crippen molar-refractivity contribution in [2.45, 2.75) is 6.42 Å². The lowest BCUT2D eigenvalue weighted by Crippen LogP contribution is -1.90. The summed E-state index contributed by atoms with van der Waals surface area (Å²) >= 11 is 12.0. The number of rotatable bonds is 1. The van der Waals surface area contributed by atoms with Gasteiger partial charge in [0, 0.05) is 16.5 Å². The quantitative estimate of drug-likeness (QED) is 0.660.